The van der Waals surface area contributed by atoms with Gasteiger partial charge in [0.15, 0.2) is 5.78 Å². The predicted octanol–water partition coefficient (Wildman–Crippen LogP) is 2.28. The van der Waals surface area contributed by atoms with E-state index in [1.165, 1.54) is 0 Å². The van der Waals surface area contributed by atoms with Crippen LogP contribution in [0.4, 0.5) is 0 Å². The lowest BCUT2D eigenvalue weighted by Gasteiger charge is -2.07. The van der Waals surface area contributed by atoms with Gasteiger partial charge in [-0.25, -0.2) is 0 Å². The number of nitrogens with zero attached hydrogens (tertiary/aromatic N) is 2. The zero-order valence-corrected chi connectivity index (χ0v) is 8.58. The van der Waals surface area contributed by atoms with Gasteiger partial charge in [-0.05, 0) is 0 Å². The Labute approximate surface area is 93.3 Å². The molecule has 78 valence electrons. The molecule has 0 saturated heterocycles. The van der Waals surface area contributed by atoms with Crippen LogP contribution in [0.1, 0.15) is 10.4 Å². The van der Waals surface area contributed by atoms with E-state index in [4.69, 9.17) is 5.53 Å². The van der Waals surface area contributed by atoms with Gasteiger partial charge in [-0.2, -0.15) is 4.79 Å². The maximum absolute atomic E-state index is 12.1. The molecule has 0 aliphatic heterocycles. The van der Waals surface area contributed by atoms with Gasteiger partial charge in [-0.1, -0.05) is 48.6 Å². The number of allylic oxidation sites excluding steroid dienone is 4. The molecule has 1 aliphatic carbocycles. The van der Waals surface area contributed by atoms with Crippen LogP contribution < -0.4 is 0 Å². The van der Waals surface area contributed by atoms with Gasteiger partial charge in [-0.3, -0.25) is 4.79 Å². The Hall–Kier alpha value is -2.25. The summed E-state index contributed by atoms with van der Waals surface area (Å²) in [6.45, 7) is 0. The molecule has 1 aromatic rings. The van der Waals surface area contributed by atoms with Crippen LogP contribution in [0.25, 0.3) is 5.53 Å². The highest BCUT2D eigenvalue weighted by atomic mass is 16.1. The van der Waals surface area contributed by atoms with Crippen LogP contribution >= 0.6 is 0 Å². The highest BCUT2D eigenvalue weighted by Gasteiger charge is 2.28. The minimum absolute atomic E-state index is 0.0611. The van der Waals surface area contributed by atoms with E-state index in [0.29, 0.717) is 11.3 Å². The first-order chi connectivity index (χ1) is 7.83. The van der Waals surface area contributed by atoms with Gasteiger partial charge in [0.1, 0.15) is 5.92 Å². The largest absolute Gasteiger partial charge is 0.361 e. The first-order valence-electron chi connectivity index (χ1n) is 4.99. The Balaban J connectivity index is 2.33. The smallest absolute Gasteiger partial charge is 0.306 e. The SMILES string of the molecule is [N-]=[N+]=C1C=CC=CC1C(=O)c1ccccc1. The number of hydrogen-bond donors (Lipinski definition) is 0. The Morgan fingerprint density at radius 3 is 2.62 bits per heavy atom. The number of carbonyl (C=O) groups is 1. The van der Waals surface area contributed by atoms with Gasteiger partial charge in [-0.15, -0.1) is 0 Å². The molecule has 0 N–H and O–H groups in total. The van der Waals surface area contributed by atoms with Crippen LogP contribution in [0.15, 0.2) is 54.6 Å². The van der Waals surface area contributed by atoms with E-state index in [2.05, 4.69) is 4.79 Å². The van der Waals surface area contributed by atoms with Crippen molar-refractivity contribution >= 4 is 11.5 Å². The van der Waals surface area contributed by atoms with Crippen LogP contribution in [-0.4, -0.2) is 16.3 Å². The van der Waals surface area contributed by atoms with Crippen molar-refractivity contribution in [2.75, 3.05) is 0 Å². The second-order valence-electron chi connectivity index (χ2n) is 3.48. The fourth-order valence-corrected chi connectivity index (χ4v) is 1.63. The average Bonchev–Trinajstić information content (AvgIpc) is 2.39. The Bertz CT molecular complexity index is 508. The van der Waals surface area contributed by atoms with Crippen LogP contribution in [0.5, 0.6) is 0 Å². The number of ketones is 1. The van der Waals surface area contributed by atoms with Crippen LogP contribution in [0, 0.1) is 5.92 Å². The van der Waals surface area contributed by atoms with Crippen molar-refractivity contribution in [2.45, 2.75) is 0 Å². The molecule has 0 spiro atoms. The Morgan fingerprint density at radius 1 is 1.19 bits per heavy atom. The first kappa shape index (κ1) is 10.3. The molecule has 0 aromatic heterocycles. The summed E-state index contributed by atoms with van der Waals surface area (Å²) in [6, 6.07) is 8.98. The van der Waals surface area contributed by atoms with E-state index >= 15 is 0 Å². The maximum Gasteiger partial charge on any atom is 0.306 e. The normalized spacial score (nSPS) is 18.2. The van der Waals surface area contributed by atoms with E-state index in [9.17, 15) is 4.79 Å². The second kappa shape index (κ2) is 4.51. The van der Waals surface area contributed by atoms with Crippen LogP contribution in [0.2, 0.25) is 0 Å². The third-order valence-corrected chi connectivity index (χ3v) is 2.46. The minimum Gasteiger partial charge on any atom is -0.361 e. The van der Waals surface area contributed by atoms with E-state index < -0.39 is 5.92 Å². The maximum atomic E-state index is 12.1. The summed E-state index contributed by atoms with van der Waals surface area (Å²) in [5, 5.41) is 0. The third kappa shape index (κ3) is 1.90. The molecule has 1 aliphatic rings. The fourth-order valence-electron chi connectivity index (χ4n) is 1.63. The minimum atomic E-state index is -0.489. The molecule has 0 fully saturated rings. The molecule has 1 aromatic carbocycles. The molecular weight excluding hydrogens is 200 g/mol. The summed E-state index contributed by atoms with van der Waals surface area (Å²) < 4.78 is 0. The van der Waals surface area contributed by atoms with Gasteiger partial charge < -0.3 is 5.53 Å². The molecule has 0 saturated carbocycles. The first-order valence-corrected chi connectivity index (χ1v) is 4.99. The lowest BCUT2D eigenvalue weighted by Crippen LogP contribution is -2.23. The zero-order chi connectivity index (χ0) is 11.4. The standard InChI is InChI=1S/C13H10N2O/c14-15-12-9-5-4-8-11(12)13(16)10-6-2-1-3-7-10/h1-9,11H. The van der Waals surface area contributed by atoms with E-state index in [1.807, 2.05) is 18.2 Å². The average molecular weight is 210 g/mol. The van der Waals surface area contributed by atoms with Gasteiger partial charge in [0.25, 0.3) is 0 Å². The Morgan fingerprint density at radius 2 is 1.94 bits per heavy atom. The summed E-state index contributed by atoms with van der Waals surface area (Å²) in [7, 11) is 0. The highest BCUT2D eigenvalue weighted by molar-refractivity contribution is 6.16. The lowest BCUT2D eigenvalue weighted by molar-refractivity contribution is -0.00840. The number of carbonyl (C=O) groups excluding carboxylic acids is 1. The molecule has 3 nitrogen and oxygen atoms in total. The number of hydrogen-bond acceptors (Lipinski definition) is 1. The molecule has 0 bridgehead atoms. The van der Waals surface area contributed by atoms with Gasteiger partial charge in [0, 0.05) is 11.6 Å². The van der Waals surface area contributed by atoms with Gasteiger partial charge in [0.2, 0.25) is 0 Å². The quantitative estimate of drug-likeness (QED) is 0.419. The molecule has 16 heavy (non-hydrogen) atoms. The molecule has 3 heteroatoms. The van der Waals surface area contributed by atoms with Crippen molar-refractivity contribution in [3.8, 4) is 0 Å². The van der Waals surface area contributed by atoms with E-state index in [1.54, 1.807) is 36.4 Å². The highest BCUT2D eigenvalue weighted by Crippen LogP contribution is 2.15. The monoisotopic (exact) mass is 210 g/mol. The van der Waals surface area contributed by atoms with Crippen molar-refractivity contribution in [2.24, 2.45) is 5.92 Å². The van der Waals surface area contributed by atoms with E-state index in [0.717, 1.165) is 0 Å². The summed E-state index contributed by atoms with van der Waals surface area (Å²) >= 11 is 0. The summed E-state index contributed by atoms with van der Waals surface area (Å²) in [5.74, 6) is -0.550. The molecule has 0 heterocycles. The number of rotatable bonds is 2. The molecule has 1 unspecified atom stereocenters. The molecular formula is C13H10N2O. The van der Waals surface area contributed by atoms with Crippen molar-refractivity contribution in [3.63, 3.8) is 0 Å². The molecule has 1 atom stereocenters. The number of benzene rings is 1. The van der Waals surface area contributed by atoms with Crippen LogP contribution in [-0.2, 0) is 0 Å². The van der Waals surface area contributed by atoms with Crippen molar-refractivity contribution < 1.29 is 9.58 Å². The zero-order valence-electron chi connectivity index (χ0n) is 8.58. The van der Waals surface area contributed by atoms with E-state index in [-0.39, 0.29) is 5.78 Å². The molecule has 0 radical (unpaired) electrons. The summed E-state index contributed by atoms with van der Waals surface area (Å²) in [5.41, 5.74) is 9.80. The van der Waals surface area contributed by atoms with Crippen molar-refractivity contribution in [3.05, 3.63) is 65.7 Å². The summed E-state index contributed by atoms with van der Waals surface area (Å²) in [4.78, 5) is 15.2. The number of Topliss-reactive ketones (excluding diaryl/α,β-unsaturated/α-hetero) is 1. The van der Waals surface area contributed by atoms with Gasteiger partial charge in [0.05, 0.1) is 0 Å². The van der Waals surface area contributed by atoms with Crippen molar-refractivity contribution in [1.29, 1.82) is 0 Å². The third-order valence-electron chi connectivity index (χ3n) is 2.46. The molecule has 0 amide bonds. The van der Waals surface area contributed by atoms with Gasteiger partial charge >= 0.3 is 5.71 Å². The summed E-state index contributed by atoms with van der Waals surface area (Å²) in [6.07, 6.45) is 6.87. The second-order valence-corrected chi connectivity index (χ2v) is 3.48. The molecule has 2 rings (SSSR count). The van der Waals surface area contributed by atoms with Crippen LogP contribution in [0.3, 0.4) is 0 Å². The predicted molar refractivity (Wildman–Crippen MR) is 61.2 cm³/mol. The lowest BCUT2D eigenvalue weighted by atomic mass is 9.90. The topological polar surface area (TPSA) is 53.5 Å². The Kier molecular flexibility index (Phi) is 2.90. The fraction of sp³-hybridized carbons (Fsp3) is 0.0769. The van der Waals surface area contributed by atoms with Crippen molar-refractivity contribution in [1.82, 2.24) is 0 Å².